The fraction of sp³-hybridized carbons (Fsp3) is 0.435. The maximum atomic E-state index is 12.8. The molecule has 142 valence electrons. The number of amides is 1. The van der Waals surface area contributed by atoms with Crippen LogP contribution in [0.25, 0.3) is 0 Å². The number of carbonyl (C=O) groups is 1. The maximum absolute atomic E-state index is 12.8. The summed E-state index contributed by atoms with van der Waals surface area (Å²) in [5, 5.41) is 9.43. The lowest BCUT2D eigenvalue weighted by atomic mass is 9.68. The van der Waals surface area contributed by atoms with Crippen LogP contribution in [-0.4, -0.2) is 54.0 Å². The van der Waals surface area contributed by atoms with E-state index < -0.39 is 0 Å². The summed E-state index contributed by atoms with van der Waals surface area (Å²) in [7, 11) is 2.23. The summed E-state index contributed by atoms with van der Waals surface area (Å²) in [6.07, 6.45) is 3.33. The van der Waals surface area contributed by atoms with Crippen molar-refractivity contribution in [3.63, 3.8) is 0 Å². The molecule has 2 aliphatic rings. The Bertz CT molecular complexity index is 780. The highest BCUT2D eigenvalue weighted by Gasteiger charge is 2.42. The number of hydrogen-bond acceptors (Lipinski definition) is 3. The van der Waals surface area contributed by atoms with Crippen molar-refractivity contribution in [2.75, 3.05) is 33.2 Å². The molecule has 2 heterocycles. The van der Waals surface area contributed by atoms with Crippen LogP contribution in [-0.2, 0) is 0 Å². The van der Waals surface area contributed by atoms with Crippen LogP contribution in [0.4, 0.5) is 0 Å². The summed E-state index contributed by atoms with van der Waals surface area (Å²) in [5.74, 6) is 0.847. The molecule has 4 rings (SSSR count). The number of likely N-dealkylation sites (tertiary alicyclic amines) is 2. The topological polar surface area (TPSA) is 43.8 Å². The number of aromatic hydroxyl groups is 1. The predicted octanol–water partition coefficient (Wildman–Crippen LogP) is 3.73. The molecule has 2 fully saturated rings. The van der Waals surface area contributed by atoms with Gasteiger partial charge >= 0.3 is 0 Å². The van der Waals surface area contributed by atoms with Crippen molar-refractivity contribution >= 4 is 5.91 Å². The van der Waals surface area contributed by atoms with Gasteiger partial charge in [-0.2, -0.15) is 0 Å². The van der Waals surface area contributed by atoms with Gasteiger partial charge in [-0.3, -0.25) is 4.79 Å². The minimum atomic E-state index is 0.0774. The Morgan fingerprint density at radius 3 is 2.37 bits per heavy atom. The highest BCUT2D eigenvalue weighted by atomic mass is 16.3. The first-order valence-corrected chi connectivity index (χ1v) is 9.86. The van der Waals surface area contributed by atoms with E-state index in [1.165, 1.54) is 12.0 Å². The number of likely N-dealkylation sites (N-methyl/N-ethyl adjacent to an activating group) is 1. The molecule has 27 heavy (non-hydrogen) atoms. The monoisotopic (exact) mass is 364 g/mol. The minimum Gasteiger partial charge on any atom is -0.508 e. The second kappa shape index (κ2) is 7.35. The van der Waals surface area contributed by atoms with E-state index in [-0.39, 0.29) is 11.7 Å². The van der Waals surface area contributed by atoms with E-state index in [1.807, 2.05) is 4.90 Å². The molecule has 2 saturated heterocycles. The van der Waals surface area contributed by atoms with Crippen molar-refractivity contribution in [1.29, 1.82) is 0 Å². The van der Waals surface area contributed by atoms with Gasteiger partial charge in [0.05, 0.1) is 0 Å². The highest BCUT2D eigenvalue weighted by Crippen LogP contribution is 2.44. The number of phenolic OH excluding ortho intramolecular Hbond substituents is 1. The molecule has 0 bridgehead atoms. The molecule has 4 heteroatoms. The van der Waals surface area contributed by atoms with Gasteiger partial charge in [0, 0.05) is 31.7 Å². The van der Waals surface area contributed by atoms with Gasteiger partial charge in [0.25, 0.3) is 5.91 Å². The Kier molecular flexibility index (Phi) is 4.92. The predicted molar refractivity (Wildman–Crippen MR) is 107 cm³/mol. The quantitative estimate of drug-likeness (QED) is 0.883. The molecule has 1 spiro atoms. The van der Waals surface area contributed by atoms with Gasteiger partial charge in [0.15, 0.2) is 0 Å². The molecule has 0 saturated carbocycles. The van der Waals surface area contributed by atoms with E-state index in [2.05, 4.69) is 42.3 Å². The van der Waals surface area contributed by atoms with Crippen LogP contribution in [0.3, 0.4) is 0 Å². The summed E-state index contributed by atoms with van der Waals surface area (Å²) in [6.45, 7) is 3.86. The van der Waals surface area contributed by atoms with E-state index >= 15 is 0 Å². The van der Waals surface area contributed by atoms with Gasteiger partial charge in [0.2, 0.25) is 0 Å². The number of benzene rings is 2. The molecule has 0 unspecified atom stereocenters. The lowest BCUT2D eigenvalue weighted by molar-refractivity contribution is 0.0224. The van der Waals surface area contributed by atoms with Crippen LogP contribution in [0.15, 0.2) is 54.6 Å². The Balaban J connectivity index is 1.44. The number of phenols is 1. The molecule has 0 aliphatic carbocycles. The summed E-state index contributed by atoms with van der Waals surface area (Å²) in [4.78, 5) is 17.2. The van der Waals surface area contributed by atoms with Crippen LogP contribution in [0.2, 0.25) is 0 Å². The number of rotatable bonds is 2. The Hall–Kier alpha value is -2.33. The fourth-order valence-electron chi connectivity index (χ4n) is 4.95. The van der Waals surface area contributed by atoms with Crippen LogP contribution in [0, 0.1) is 5.41 Å². The first-order valence-electron chi connectivity index (χ1n) is 9.86. The third-order valence-corrected chi connectivity index (χ3v) is 6.31. The normalized spacial score (nSPS) is 22.7. The molecule has 4 nitrogen and oxygen atoms in total. The Morgan fingerprint density at radius 2 is 1.70 bits per heavy atom. The Labute approximate surface area is 161 Å². The zero-order chi connectivity index (χ0) is 18.9. The van der Waals surface area contributed by atoms with Crippen LogP contribution in [0.5, 0.6) is 5.75 Å². The van der Waals surface area contributed by atoms with Crippen molar-refractivity contribution < 1.29 is 9.90 Å². The summed E-state index contributed by atoms with van der Waals surface area (Å²) in [6, 6.07) is 17.4. The number of nitrogens with zero attached hydrogens (tertiary/aromatic N) is 2. The van der Waals surface area contributed by atoms with Crippen molar-refractivity contribution in [2.24, 2.45) is 5.41 Å². The highest BCUT2D eigenvalue weighted by molar-refractivity contribution is 5.94. The minimum absolute atomic E-state index is 0.0774. The van der Waals surface area contributed by atoms with E-state index in [0.29, 0.717) is 16.9 Å². The molecule has 1 N–H and O–H groups in total. The molecule has 2 aromatic carbocycles. The summed E-state index contributed by atoms with van der Waals surface area (Å²) >= 11 is 0. The summed E-state index contributed by atoms with van der Waals surface area (Å²) in [5.41, 5.74) is 2.40. The standard InChI is InChI=1S/C23H28N2O2/c1-24-16-20(18-5-3-2-4-6-18)15-23(17-24)11-13-25(14-12-23)22(27)19-7-9-21(26)10-8-19/h2-10,20,26H,11-17H2,1H3/t20-/m0/s1. The van der Waals surface area contributed by atoms with Crippen molar-refractivity contribution in [2.45, 2.75) is 25.2 Å². The molecular formula is C23H28N2O2. The van der Waals surface area contributed by atoms with Crippen LogP contribution in [0.1, 0.15) is 41.1 Å². The third kappa shape index (κ3) is 3.86. The first-order chi connectivity index (χ1) is 13.0. The lowest BCUT2D eigenvalue weighted by Gasteiger charge is -2.49. The first kappa shape index (κ1) is 18.1. The number of piperidine rings is 2. The van der Waals surface area contributed by atoms with Crippen LogP contribution < -0.4 is 0 Å². The van der Waals surface area contributed by atoms with Crippen LogP contribution >= 0.6 is 0 Å². The van der Waals surface area contributed by atoms with Crippen molar-refractivity contribution in [1.82, 2.24) is 9.80 Å². The van der Waals surface area contributed by atoms with Gasteiger partial charge in [-0.25, -0.2) is 0 Å². The van der Waals surface area contributed by atoms with Crippen molar-refractivity contribution in [3.8, 4) is 5.75 Å². The molecule has 1 amide bonds. The zero-order valence-corrected chi connectivity index (χ0v) is 16.0. The van der Waals surface area contributed by atoms with Gasteiger partial charge in [-0.15, -0.1) is 0 Å². The molecular weight excluding hydrogens is 336 g/mol. The second-order valence-corrected chi connectivity index (χ2v) is 8.35. The fourth-order valence-corrected chi connectivity index (χ4v) is 4.95. The second-order valence-electron chi connectivity index (χ2n) is 8.35. The van der Waals surface area contributed by atoms with Gasteiger partial charge in [-0.05, 0) is 67.5 Å². The molecule has 0 aromatic heterocycles. The smallest absolute Gasteiger partial charge is 0.253 e. The number of carbonyl (C=O) groups excluding carboxylic acids is 1. The van der Waals surface area contributed by atoms with Gasteiger partial charge in [-0.1, -0.05) is 30.3 Å². The molecule has 0 radical (unpaired) electrons. The Morgan fingerprint density at radius 1 is 1.04 bits per heavy atom. The van der Waals surface area contributed by atoms with E-state index in [0.717, 1.165) is 39.0 Å². The lowest BCUT2D eigenvalue weighted by Crippen LogP contribution is -2.51. The van der Waals surface area contributed by atoms with Gasteiger partial charge < -0.3 is 14.9 Å². The van der Waals surface area contributed by atoms with Gasteiger partial charge in [0.1, 0.15) is 5.75 Å². The molecule has 2 aliphatic heterocycles. The average molecular weight is 364 g/mol. The largest absolute Gasteiger partial charge is 0.508 e. The third-order valence-electron chi connectivity index (χ3n) is 6.31. The molecule has 1 atom stereocenters. The number of hydrogen-bond donors (Lipinski definition) is 1. The SMILES string of the molecule is CN1C[C@@H](c2ccccc2)CC2(CCN(C(=O)c3ccc(O)cc3)CC2)C1. The van der Waals surface area contributed by atoms with Crippen molar-refractivity contribution in [3.05, 3.63) is 65.7 Å². The maximum Gasteiger partial charge on any atom is 0.253 e. The summed E-state index contributed by atoms with van der Waals surface area (Å²) < 4.78 is 0. The van der Waals surface area contributed by atoms with E-state index in [9.17, 15) is 9.90 Å². The zero-order valence-electron chi connectivity index (χ0n) is 16.0. The average Bonchev–Trinajstić information content (AvgIpc) is 2.69. The molecule has 2 aromatic rings. The van der Waals surface area contributed by atoms with E-state index in [1.54, 1.807) is 24.3 Å². The van der Waals surface area contributed by atoms with E-state index in [4.69, 9.17) is 0 Å².